The van der Waals surface area contributed by atoms with Crippen molar-refractivity contribution in [2.45, 2.75) is 19.3 Å². The lowest BCUT2D eigenvalue weighted by atomic mass is 9.79. The van der Waals surface area contributed by atoms with Gasteiger partial charge in [0.2, 0.25) is 0 Å². The van der Waals surface area contributed by atoms with Gasteiger partial charge in [0, 0.05) is 22.5 Å². The van der Waals surface area contributed by atoms with E-state index < -0.39 is 0 Å². The molecule has 0 unspecified atom stereocenters. The van der Waals surface area contributed by atoms with E-state index in [1.54, 1.807) is 0 Å². The number of nitrogens with zero attached hydrogens (tertiary/aromatic N) is 1. The van der Waals surface area contributed by atoms with Crippen molar-refractivity contribution in [3.8, 4) is 44.5 Å². The smallest absolute Gasteiger partial charge is 0.0467 e. The summed E-state index contributed by atoms with van der Waals surface area (Å²) >= 11 is 0. The molecule has 0 heterocycles. The summed E-state index contributed by atoms with van der Waals surface area (Å²) in [6, 6.07) is 78.1. The van der Waals surface area contributed by atoms with Crippen LogP contribution in [0.25, 0.3) is 76.8 Å². The second-order valence-electron chi connectivity index (χ2n) is 16.1. The Morgan fingerprint density at radius 1 is 0.310 bits per heavy atom. The van der Waals surface area contributed by atoms with E-state index in [2.05, 4.69) is 231 Å². The maximum atomic E-state index is 2.40. The van der Waals surface area contributed by atoms with E-state index in [-0.39, 0.29) is 5.41 Å². The van der Waals surface area contributed by atoms with E-state index in [1.165, 1.54) is 88.0 Å². The fraction of sp³-hybridized carbons (Fsp3) is 0.0526. The zero-order valence-electron chi connectivity index (χ0n) is 32.7. The topological polar surface area (TPSA) is 3.24 Å². The summed E-state index contributed by atoms with van der Waals surface area (Å²) in [5.74, 6) is 0. The van der Waals surface area contributed by atoms with E-state index in [9.17, 15) is 0 Å². The van der Waals surface area contributed by atoms with Gasteiger partial charge in [-0.1, -0.05) is 184 Å². The lowest BCUT2D eigenvalue weighted by molar-refractivity contribution is 0.662. The van der Waals surface area contributed by atoms with Crippen LogP contribution in [-0.2, 0) is 5.41 Å². The Hall–Kier alpha value is -7.22. The largest absolute Gasteiger partial charge is 0.310 e. The van der Waals surface area contributed by atoms with Gasteiger partial charge in [0.05, 0.1) is 0 Å². The van der Waals surface area contributed by atoms with Crippen molar-refractivity contribution in [2.24, 2.45) is 0 Å². The van der Waals surface area contributed by atoms with Crippen molar-refractivity contribution in [2.75, 3.05) is 4.90 Å². The van der Waals surface area contributed by atoms with Gasteiger partial charge in [-0.05, 0) is 130 Å². The van der Waals surface area contributed by atoms with Crippen molar-refractivity contribution < 1.29 is 0 Å². The third-order valence-corrected chi connectivity index (χ3v) is 12.4. The van der Waals surface area contributed by atoms with Crippen LogP contribution >= 0.6 is 0 Å². The minimum absolute atomic E-state index is 0.0899. The maximum absolute atomic E-state index is 2.40. The molecule has 0 amide bonds. The number of anilines is 3. The molecule has 58 heavy (non-hydrogen) atoms. The highest BCUT2D eigenvalue weighted by atomic mass is 15.1. The summed E-state index contributed by atoms with van der Waals surface area (Å²) in [6.07, 6.45) is 0. The van der Waals surface area contributed by atoms with E-state index in [0.717, 1.165) is 17.1 Å². The second-order valence-corrected chi connectivity index (χ2v) is 16.1. The first-order chi connectivity index (χ1) is 28.5. The molecule has 0 aromatic heterocycles. The van der Waals surface area contributed by atoms with Gasteiger partial charge in [-0.25, -0.2) is 0 Å². The fourth-order valence-corrected chi connectivity index (χ4v) is 9.70. The summed E-state index contributed by atoms with van der Waals surface area (Å²) in [7, 11) is 0. The average molecular weight is 740 g/mol. The normalized spacial score (nSPS) is 12.8. The summed E-state index contributed by atoms with van der Waals surface area (Å²) in [5, 5.41) is 7.58. The van der Waals surface area contributed by atoms with Crippen LogP contribution in [0.15, 0.2) is 212 Å². The number of rotatable bonds is 6. The molecule has 274 valence electrons. The van der Waals surface area contributed by atoms with Gasteiger partial charge >= 0.3 is 0 Å². The molecule has 0 fully saturated rings. The number of hydrogen-bond donors (Lipinski definition) is 0. The van der Waals surface area contributed by atoms with Crippen LogP contribution in [0.5, 0.6) is 0 Å². The van der Waals surface area contributed by atoms with Crippen molar-refractivity contribution in [3.05, 3.63) is 223 Å². The SMILES string of the molecule is CC1(C)c2ccccc2-c2cccc(-c3ccc(N(c4ccc(-c5cc6ccccc6c6ccccc56)cc4)c4cccc(-c5cccc6ccccc56)c4)cc3)c21. The van der Waals surface area contributed by atoms with E-state index in [0.29, 0.717) is 0 Å². The second kappa shape index (κ2) is 13.5. The van der Waals surface area contributed by atoms with E-state index in [4.69, 9.17) is 0 Å². The number of benzene rings is 10. The standard InChI is InChI=1S/C57H41N/c1-57(2)55-27-10-9-23-52(55)53-26-13-25-49(56(53)57)39-28-32-43(33-29-39)58(45-18-11-17-41(36-45)47-24-12-16-38-14-3-5-19-46(38)47)44-34-30-40(31-35-44)54-37-42-15-4-6-20-48(42)50-21-7-8-22-51(50)54/h3-37H,1-2H3. The molecule has 0 radical (unpaired) electrons. The molecule has 11 rings (SSSR count). The minimum atomic E-state index is -0.0899. The Morgan fingerprint density at radius 2 is 0.845 bits per heavy atom. The van der Waals surface area contributed by atoms with E-state index in [1.807, 2.05) is 0 Å². The van der Waals surface area contributed by atoms with Gasteiger partial charge in [-0.15, -0.1) is 0 Å². The Balaban J connectivity index is 1.04. The van der Waals surface area contributed by atoms with Gasteiger partial charge in [0.1, 0.15) is 0 Å². The highest BCUT2D eigenvalue weighted by Gasteiger charge is 2.37. The van der Waals surface area contributed by atoms with Gasteiger partial charge in [-0.3, -0.25) is 0 Å². The van der Waals surface area contributed by atoms with Crippen LogP contribution in [0.2, 0.25) is 0 Å². The monoisotopic (exact) mass is 739 g/mol. The van der Waals surface area contributed by atoms with Gasteiger partial charge in [0.15, 0.2) is 0 Å². The minimum Gasteiger partial charge on any atom is -0.310 e. The molecule has 0 spiro atoms. The zero-order valence-corrected chi connectivity index (χ0v) is 32.7. The average Bonchev–Trinajstić information content (AvgIpc) is 3.52. The Morgan fingerprint density at radius 3 is 1.62 bits per heavy atom. The molecule has 1 heteroatoms. The van der Waals surface area contributed by atoms with Gasteiger partial charge in [0.25, 0.3) is 0 Å². The molecule has 1 aliphatic rings. The molecule has 10 aromatic rings. The summed E-state index contributed by atoms with van der Waals surface area (Å²) in [6.45, 7) is 4.73. The molecule has 0 saturated heterocycles. The molecular formula is C57H41N. The molecule has 0 bridgehead atoms. The van der Waals surface area contributed by atoms with Gasteiger partial charge in [-0.2, -0.15) is 0 Å². The maximum Gasteiger partial charge on any atom is 0.0467 e. The van der Waals surface area contributed by atoms with Crippen LogP contribution in [0, 0.1) is 0 Å². The highest BCUT2D eigenvalue weighted by Crippen LogP contribution is 2.52. The molecular weight excluding hydrogens is 699 g/mol. The first kappa shape index (κ1) is 34.1. The lowest BCUT2D eigenvalue weighted by Gasteiger charge is -2.27. The van der Waals surface area contributed by atoms with Crippen LogP contribution in [-0.4, -0.2) is 0 Å². The van der Waals surface area contributed by atoms with Crippen LogP contribution in [0.1, 0.15) is 25.0 Å². The summed E-state index contributed by atoms with van der Waals surface area (Å²) < 4.78 is 0. The first-order valence-corrected chi connectivity index (χ1v) is 20.3. The Kier molecular flexibility index (Phi) is 7.91. The van der Waals surface area contributed by atoms with Crippen molar-refractivity contribution in [3.63, 3.8) is 0 Å². The van der Waals surface area contributed by atoms with Crippen LogP contribution < -0.4 is 4.90 Å². The number of hydrogen-bond acceptors (Lipinski definition) is 1. The molecule has 10 aromatic carbocycles. The highest BCUT2D eigenvalue weighted by molar-refractivity contribution is 6.13. The first-order valence-electron chi connectivity index (χ1n) is 20.3. The molecule has 0 N–H and O–H groups in total. The van der Waals surface area contributed by atoms with Crippen molar-refractivity contribution in [1.82, 2.24) is 0 Å². The summed E-state index contributed by atoms with van der Waals surface area (Å²) in [5.41, 5.74) is 16.1. The van der Waals surface area contributed by atoms with Crippen molar-refractivity contribution >= 4 is 49.4 Å². The van der Waals surface area contributed by atoms with Gasteiger partial charge < -0.3 is 4.90 Å². The number of fused-ring (bicyclic) bond motifs is 7. The molecule has 1 aliphatic carbocycles. The van der Waals surface area contributed by atoms with Crippen LogP contribution in [0.3, 0.4) is 0 Å². The molecule has 0 aliphatic heterocycles. The molecule has 0 saturated carbocycles. The van der Waals surface area contributed by atoms with Crippen molar-refractivity contribution in [1.29, 1.82) is 0 Å². The molecule has 0 atom stereocenters. The fourth-order valence-electron chi connectivity index (χ4n) is 9.70. The molecule has 1 nitrogen and oxygen atoms in total. The Bertz CT molecular complexity index is 3180. The Labute approximate surface area is 340 Å². The third kappa shape index (κ3) is 5.46. The predicted molar refractivity (Wildman–Crippen MR) is 248 cm³/mol. The quantitative estimate of drug-likeness (QED) is 0.154. The van der Waals surface area contributed by atoms with E-state index >= 15 is 0 Å². The predicted octanol–water partition coefficient (Wildman–Crippen LogP) is 15.9. The lowest BCUT2D eigenvalue weighted by Crippen LogP contribution is -2.16. The third-order valence-electron chi connectivity index (χ3n) is 12.4. The summed E-state index contributed by atoms with van der Waals surface area (Å²) in [4.78, 5) is 2.40. The van der Waals surface area contributed by atoms with Crippen LogP contribution in [0.4, 0.5) is 17.1 Å². The zero-order chi connectivity index (χ0) is 38.8.